The number of hydrogen-bond acceptors (Lipinski definition) is 6. The van der Waals surface area contributed by atoms with Gasteiger partial charge in [0.2, 0.25) is 11.8 Å². The lowest BCUT2D eigenvalue weighted by Crippen LogP contribution is -2.17. The second kappa shape index (κ2) is 9.14. The van der Waals surface area contributed by atoms with Crippen LogP contribution in [-0.2, 0) is 11.2 Å². The number of carbonyl (C=O) groups excluding carboxylic acids is 1. The Balaban J connectivity index is 1.39. The Morgan fingerprint density at radius 3 is 2.74 bits per heavy atom. The van der Waals surface area contributed by atoms with Crippen molar-refractivity contribution >= 4 is 23.2 Å². The fourth-order valence-electron chi connectivity index (χ4n) is 3.14. The van der Waals surface area contributed by atoms with Crippen LogP contribution < -0.4 is 24.3 Å². The Bertz CT molecular complexity index is 1100. The van der Waals surface area contributed by atoms with E-state index >= 15 is 0 Å². The van der Waals surface area contributed by atoms with Crippen molar-refractivity contribution < 1.29 is 23.7 Å². The van der Waals surface area contributed by atoms with Crippen molar-refractivity contribution in [3.05, 3.63) is 64.8 Å². The zero-order valence-corrected chi connectivity index (χ0v) is 17.9. The average Bonchev–Trinajstić information content (AvgIpc) is 2.76. The minimum atomic E-state index is -0.205. The van der Waals surface area contributed by atoms with Crippen LogP contribution in [0.5, 0.6) is 28.9 Å². The smallest absolute Gasteiger partial charge is 0.228 e. The molecule has 8 heteroatoms. The van der Waals surface area contributed by atoms with Crippen LogP contribution in [0.1, 0.15) is 11.1 Å². The van der Waals surface area contributed by atoms with Crippen molar-refractivity contribution in [1.82, 2.24) is 4.98 Å². The normalized spacial score (nSPS) is 12.2. The third-order valence-electron chi connectivity index (χ3n) is 4.58. The third-order valence-corrected chi connectivity index (χ3v) is 4.86. The Labute approximate surface area is 184 Å². The van der Waals surface area contributed by atoms with E-state index in [9.17, 15) is 4.79 Å². The predicted octanol–water partition coefficient (Wildman–Crippen LogP) is 4.80. The molecule has 1 N–H and O–H groups in total. The van der Waals surface area contributed by atoms with E-state index < -0.39 is 0 Å². The van der Waals surface area contributed by atoms with E-state index in [1.54, 1.807) is 31.4 Å². The standard InChI is InChI=1S/C23H21ClN2O5/c1-14-3-5-18(19(9-14)28-2)31-22-6-4-16(13-25-22)26-21(27)12-15-10-17(24)23-20(11-15)29-7-8-30-23/h3-6,9-11,13H,7-8,12H2,1-2H3,(H,26,27). The summed E-state index contributed by atoms with van der Waals surface area (Å²) < 4.78 is 22.2. The lowest BCUT2D eigenvalue weighted by Gasteiger charge is -2.20. The quantitative estimate of drug-likeness (QED) is 0.593. The number of ether oxygens (including phenoxy) is 4. The second-order valence-corrected chi connectivity index (χ2v) is 7.38. The minimum Gasteiger partial charge on any atom is -0.493 e. The van der Waals surface area contributed by atoms with Crippen molar-refractivity contribution in [3.63, 3.8) is 0 Å². The number of carbonyl (C=O) groups is 1. The molecule has 3 aromatic rings. The van der Waals surface area contributed by atoms with E-state index in [2.05, 4.69) is 10.3 Å². The maximum Gasteiger partial charge on any atom is 0.228 e. The Hall–Kier alpha value is -3.45. The van der Waals surface area contributed by atoms with Crippen LogP contribution in [0.15, 0.2) is 48.7 Å². The van der Waals surface area contributed by atoms with E-state index in [1.807, 2.05) is 25.1 Å². The van der Waals surface area contributed by atoms with E-state index in [0.29, 0.717) is 52.8 Å². The summed E-state index contributed by atoms with van der Waals surface area (Å²) in [5, 5.41) is 3.24. The van der Waals surface area contributed by atoms with Crippen LogP contribution >= 0.6 is 11.6 Å². The van der Waals surface area contributed by atoms with Gasteiger partial charge in [-0.25, -0.2) is 4.98 Å². The number of aromatic nitrogens is 1. The SMILES string of the molecule is COc1cc(C)ccc1Oc1ccc(NC(=O)Cc2cc(Cl)c3c(c2)OCCO3)cn1. The highest BCUT2D eigenvalue weighted by Crippen LogP contribution is 2.38. The molecule has 0 spiro atoms. The summed E-state index contributed by atoms with van der Waals surface area (Å²) >= 11 is 6.24. The van der Waals surface area contributed by atoms with Crippen molar-refractivity contribution in [2.75, 3.05) is 25.6 Å². The molecule has 4 rings (SSSR count). The number of anilines is 1. The summed E-state index contributed by atoms with van der Waals surface area (Å²) in [6, 6.07) is 12.5. The largest absolute Gasteiger partial charge is 0.493 e. The van der Waals surface area contributed by atoms with Crippen LogP contribution in [0.4, 0.5) is 5.69 Å². The highest BCUT2D eigenvalue weighted by molar-refractivity contribution is 6.32. The average molecular weight is 441 g/mol. The Kier molecular flexibility index (Phi) is 6.13. The molecule has 2 aromatic carbocycles. The molecule has 0 saturated heterocycles. The first-order valence-electron chi connectivity index (χ1n) is 9.68. The number of amides is 1. The van der Waals surface area contributed by atoms with E-state index in [-0.39, 0.29) is 12.3 Å². The van der Waals surface area contributed by atoms with Gasteiger partial charge in [0, 0.05) is 6.07 Å². The summed E-state index contributed by atoms with van der Waals surface area (Å²) in [6.45, 7) is 2.88. The Morgan fingerprint density at radius 1 is 1.13 bits per heavy atom. The van der Waals surface area contributed by atoms with Crippen molar-refractivity contribution in [3.8, 4) is 28.9 Å². The first kappa shape index (κ1) is 20.8. The maximum absolute atomic E-state index is 12.5. The maximum atomic E-state index is 12.5. The van der Waals surface area contributed by atoms with Crippen LogP contribution in [0.2, 0.25) is 5.02 Å². The second-order valence-electron chi connectivity index (χ2n) is 6.97. The number of benzene rings is 2. The van der Waals surface area contributed by atoms with Crippen molar-refractivity contribution in [2.45, 2.75) is 13.3 Å². The molecule has 0 unspecified atom stereocenters. The van der Waals surface area contributed by atoms with Gasteiger partial charge in [0.15, 0.2) is 23.0 Å². The van der Waals surface area contributed by atoms with Gasteiger partial charge < -0.3 is 24.3 Å². The molecule has 7 nitrogen and oxygen atoms in total. The third kappa shape index (κ3) is 5.00. The molecule has 31 heavy (non-hydrogen) atoms. The number of hydrogen-bond donors (Lipinski definition) is 1. The molecule has 160 valence electrons. The number of halogens is 1. The van der Waals surface area contributed by atoms with Gasteiger partial charge in [-0.15, -0.1) is 0 Å². The van der Waals surface area contributed by atoms with E-state index in [0.717, 1.165) is 11.1 Å². The fourth-order valence-corrected chi connectivity index (χ4v) is 3.43. The topological polar surface area (TPSA) is 78.9 Å². The molecule has 1 aliphatic heterocycles. The van der Waals surface area contributed by atoms with Gasteiger partial charge in [-0.1, -0.05) is 17.7 Å². The van der Waals surface area contributed by atoms with E-state index in [4.69, 9.17) is 30.5 Å². The van der Waals surface area contributed by atoms with Gasteiger partial charge in [-0.05, 0) is 48.4 Å². The van der Waals surface area contributed by atoms with Crippen LogP contribution in [0.3, 0.4) is 0 Å². The lowest BCUT2D eigenvalue weighted by molar-refractivity contribution is -0.115. The van der Waals surface area contributed by atoms with Gasteiger partial charge in [0.25, 0.3) is 0 Å². The van der Waals surface area contributed by atoms with Gasteiger partial charge >= 0.3 is 0 Å². The highest BCUT2D eigenvalue weighted by Gasteiger charge is 2.18. The molecule has 1 amide bonds. The zero-order valence-electron chi connectivity index (χ0n) is 17.1. The zero-order chi connectivity index (χ0) is 21.8. The van der Waals surface area contributed by atoms with Gasteiger partial charge in [-0.3, -0.25) is 4.79 Å². The number of methoxy groups -OCH3 is 1. The molecule has 1 aliphatic rings. The van der Waals surface area contributed by atoms with Crippen molar-refractivity contribution in [1.29, 1.82) is 0 Å². The van der Waals surface area contributed by atoms with Gasteiger partial charge in [0.05, 0.1) is 30.4 Å². The molecule has 0 atom stereocenters. The number of rotatable bonds is 6. The number of pyridine rings is 1. The van der Waals surface area contributed by atoms with Crippen LogP contribution in [0, 0.1) is 6.92 Å². The number of aryl methyl sites for hydroxylation is 1. The molecular formula is C23H21ClN2O5. The number of fused-ring (bicyclic) bond motifs is 1. The first-order chi connectivity index (χ1) is 15.0. The molecule has 0 fully saturated rings. The summed E-state index contributed by atoms with van der Waals surface area (Å²) in [4.78, 5) is 16.7. The molecule has 0 radical (unpaired) electrons. The van der Waals surface area contributed by atoms with Gasteiger partial charge in [-0.2, -0.15) is 0 Å². The Morgan fingerprint density at radius 2 is 1.97 bits per heavy atom. The van der Waals surface area contributed by atoms with Gasteiger partial charge in [0.1, 0.15) is 13.2 Å². The van der Waals surface area contributed by atoms with E-state index in [1.165, 1.54) is 6.20 Å². The summed E-state index contributed by atoms with van der Waals surface area (Å²) in [7, 11) is 1.59. The lowest BCUT2D eigenvalue weighted by atomic mass is 10.1. The molecule has 1 aromatic heterocycles. The molecular weight excluding hydrogens is 420 g/mol. The summed E-state index contributed by atoms with van der Waals surface area (Å²) in [6.07, 6.45) is 1.67. The van der Waals surface area contributed by atoms with Crippen LogP contribution in [0.25, 0.3) is 0 Å². The van der Waals surface area contributed by atoms with Crippen LogP contribution in [-0.4, -0.2) is 31.2 Å². The molecule has 0 saturated carbocycles. The van der Waals surface area contributed by atoms with Crippen molar-refractivity contribution in [2.24, 2.45) is 0 Å². The summed E-state index contributed by atoms with van der Waals surface area (Å²) in [5.41, 5.74) is 2.34. The minimum absolute atomic E-state index is 0.134. The molecule has 0 aliphatic carbocycles. The fraction of sp³-hybridized carbons (Fsp3) is 0.217. The number of nitrogens with zero attached hydrogens (tertiary/aromatic N) is 1. The molecule has 0 bridgehead atoms. The summed E-state index contributed by atoms with van der Waals surface area (Å²) in [5.74, 6) is 2.44. The predicted molar refractivity (Wildman–Crippen MR) is 117 cm³/mol. The highest BCUT2D eigenvalue weighted by atomic mass is 35.5. The monoisotopic (exact) mass is 440 g/mol. The molecule has 2 heterocycles. The number of nitrogens with one attached hydrogen (secondary N) is 1. The first-order valence-corrected chi connectivity index (χ1v) is 10.1.